The van der Waals surface area contributed by atoms with E-state index in [9.17, 15) is 4.79 Å². The van der Waals surface area contributed by atoms with Crippen LogP contribution in [0.25, 0.3) is 0 Å². The molecule has 0 aromatic heterocycles. The SMILES string of the molecule is COC(=O)NC#Cc1ccc(C)cc1. The number of carbonyl (C=O) groups is 1. The van der Waals surface area contributed by atoms with E-state index in [1.54, 1.807) is 0 Å². The van der Waals surface area contributed by atoms with Crippen molar-refractivity contribution in [1.29, 1.82) is 0 Å². The number of carbonyl (C=O) groups excluding carboxylic acids is 1. The van der Waals surface area contributed by atoms with Crippen LogP contribution in [-0.4, -0.2) is 13.2 Å². The lowest BCUT2D eigenvalue weighted by Crippen LogP contribution is -2.16. The lowest BCUT2D eigenvalue weighted by atomic mass is 10.2. The number of aryl methyl sites for hydroxylation is 1. The fourth-order valence-electron chi connectivity index (χ4n) is 0.842. The van der Waals surface area contributed by atoms with Gasteiger partial charge in [-0.1, -0.05) is 17.7 Å². The Morgan fingerprint density at radius 2 is 2.00 bits per heavy atom. The number of hydrogen-bond donors (Lipinski definition) is 1. The highest BCUT2D eigenvalue weighted by Crippen LogP contribution is 2.00. The van der Waals surface area contributed by atoms with Crippen molar-refractivity contribution in [3.63, 3.8) is 0 Å². The third-order valence-corrected chi connectivity index (χ3v) is 1.61. The minimum absolute atomic E-state index is 0.551. The highest BCUT2D eigenvalue weighted by Gasteiger charge is 1.91. The molecule has 0 saturated heterocycles. The number of hydrogen-bond acceptors (Lipinski definition) is 2. The molecule has 0 aliphatic carbocycles. The standard InChI is InChI=1S/C11H11NO2/c1-9-3-5-10(6-4-9)7-8-12-11(13)14-2/h3-6H,1-2H3,(H,12,13). The van der Waals surface area contributed by atoms with Gasteiger partial charge in [0.25, 0.3) is 0 Å². The number of amides is 1. The third kappa shape index (κ3) is 3.20. The molecule has 1 N–H and O–H groups in total. The van der Waals surface area contributed by atoms with Crippen molar-refractivity contribution in [3.05, 3.63) is 35.4 Å². The van der Waals surface area contributed by atoms with E-state index < -0.39 is 6.09 Å². The van der Waals surface area contributed by atoms with E-state index in [4.69, 9.17) is 0 Å². The van der Waals surface area contributed by atoms with Gasteiger partial charge < -0.3 is 4.74 Å². The molecular formula is C11H11NO2. The molecule has 1 aromatic rings. The molecule has 3 heteroatoms. The average Bonchev–Trinajstić information content (AvgIpc) is 2.21. The van der Waals surface area contributed by atoms with Crippen LogP contribution in [0.4, 0.5) is 4.79 Å². The molecule has 1 rings (SSSR count). The van der Waals surface area contributed by atoms with Crippen LogP contribution in [0.5, 0.6) is 0 Å². The Labute approximate surface area is 83.1 Å². The van der Waals surface area contributed by atoms with E-state index in [0.717, 1.165) is 5.56 Å². The van der Waals surface area contributed by atoms with E-state index in [1.165, 1.54) is 12.7 Å². The molecule has 14 heavy (non-hydrogen) atoms. The molecule has 1 amide bonds. The summed E-state index contributed by atoms with van der Waals surface area (Å²) in [5, 5.41) is 2.27. The summed E-state index contributed by atoms with van der Waals surface area (Å²) in [4.78, 5) is 10.6. The first-order valence-corrected chi connectivity index (χ1v) is 4.14. The van der Waals surface area contributed by atoms with E-state index in [1.807, 2.05) is 31.2 Å². The highest BCUT2D eigenvalue weighted by atomic mass is 16.5. The van der Waals surface area contributed by atoms with Gasteiger partial charge in [-0.2, -0.15) is 0 Å². The van der Waals surface area contributed by atoms with Gasteiger partial charge >= 0.3 is 6.09 Å². The van der Waals surface area contributed by atoms with Gasteiger partial charge in [0.2, 0.25) is 0 Å². The van der Waals surface area contributed by atoms with Gasteiger partial charge in [0.05, 0.1) is 7.11 Å². The van der Waals surface area contributed by atoms with Crippen LogP contribution in [-0.2, 0) is 4.74 Å². The summed E-state index contributed by atoms with van der Waals surface area (Å²) in [6.45, 7) is 2.00. The fraction of sp³-hybridized carbons (Fsp3) is 0.182. The van der Waals surface area contributed by atoms with E-state index in [0.29, 0.717) is 0 Å². The van der Waals surface area contributed by atoms with Gasteiger partial charge in [-0.3, -0.25) is 0 Å². The van der Waals surface area contributed by atoms with Crippen molar-refractivity contribution in [1.82, 2.24) is 5.32 Å². The summed E-state index contributed by atoms with van der Waals surface area (Å²) in [6.07, 6.45) is -0.551. The maximum Gasteiger partial charge on any atom is 0.418 e. The molecule has 3 nitrogen and oxygen atoms in total. The third-order valence-electron chi connectivity index (χ3n) is 1.61. The van der Waals surface area contributed by atoms with Crippen LogP contribution >= 0.6 is 0 Å². The van der Waals surface area contributed by atoms with Crippen LogP contribution in [0.1, 0.15) is 11.1 Å². The maximum absolute atomic E-state index is 10.6. The highest BCUT2D eigenvalue weighted by molar-refractivity contribution is 5.69. The van der Waals surface area contributed by atoms with E-state index >= 15 is 0 Å². The number of rotatable bonds is 0. The average molecular weight is 189 g/mol. The number of nitrogens with one attached hydrogen (secondary N) is 1. The largest absolute Gasteiger partial charge is 0.452 e. The first kappa shape index (κ1) is 10.1. The van der Waals surface area contributed by atoms with Gasteiger partial charge in [-0.05, 0) is 25.0 Å². The van der Waals surface area contributed by atoms with Crippen molar-refractivity contribution >= 4 is 6.09 Å². The van der Waals surface area contributed by atoms with Crippen LogP contribution in [0, 0.1) is 18.9 Å². The Balaban J connectivity index is 2.59. The number of ether oxygens (including phenoxy) is 1. The number of methoxy groups -OCH3 is 1. The van der Waals surface area contributed by atoms with Crippen LogP contribution < -0.4 is 5.32 Å². The lowest BCUT2D eigenvalue weighted by Gasteiger charge is -1.93. The molecule has 0 fully saturated rings. The number of alkyl carbamates (subject to hydrolysis) is 1. The predicted molar refractivity (Wildman–Crippen MR) is 53.6 cm³/mol. The lowest BCUT2D eigenvalue weighted by molar-refractivity contribution is 0.176. The molecule has 0 spiro atoms. The first-order chi connectivity index (χ1) is 6.72. The molecule has 0 atom stereocenters. The minimum Gasteiger partial charge on any atom is -0.452 e. The van der Waals surface area contributed by atoms with Gasteiger partial charge in [0.1, 0.15) is 0 Å². The Kier molecular flexibility index (Phi) is 3.57. The Bertz CT molecular complexity index is 371. The van der Waals surface area contributed by atoms with Crippen molar-refractivity contribution < 1.29 is 9.53 Å². The molecule has 72 valence electrons. The summed E-state index contributed by atoms with van der Waals surface area (Å²) in [5.41, 5.74) is 2.03. The molecule has 1 aromatic carbocycles. The molecule has 0 aliphatic heterocycles. The smallest absolute Gasteiger partial charge is 0.418 e. The zero-order valence-electron chi connectivity index (χ0n) is 8.13. The Hall–Kier alpha value is -1.95. The molecule has 0 aliphatic rings. The van der Waals surface area contributed by atoms with E-state index in [2.05, 4.69) is 22.0 Å². The predicted octanol–water partition coefficient (Wildman–Crippen LogP) is 1.66. The molecule has 0 unspecified atom stereocenters. The van der Waals surface area contributed by atoms with Gasteiger partial charge in [0.15, 0.2) is 0 Å². The normalized spacial score (nSPS) is 8.43. The van der Waals surface area contributed by atoms with Crippen molar-refractivity contribution in [2.75, 3.05) is 7.11 Å². The second-order valence-electron chi connectivity index (χ2n) is 2.73. The molecule has 0 saturated carbocycles. The van der Waals surface area contributed by atoms with Crippen LogP contribution in [0.2, 0.25) is 0 Å². The second-order valence-corrected chi connectivity index (χ2v) is 2.73. The zero-order valence-corrected chi connectivity index (χ0v) is 8.13. The van der Waals surface area contributed by atoms with Crippen molar-refractivity contribution in [2.24, 2.45) is 0 Å². The number of benzene rings is 1. The summed E-state index contributed by atoms with van der Waals surface area (Å²) >= 11 is 0. The Morgan fingerprint density at radius 1 is 1.36 bits per heavy atom. The zero-order chi connectivity index (χ0) is 10.4. The summed E-state index contributed by atoms with van der Waals surface area (Å²) in [5.74, 6) is 2.78. The molecule has 0 radical (unpaired) electrons. The van der Waals surface area contributed by atoms with Crippen molar-refractivity contribution in [2.45, 2.75) is 6.92 Å². The van der Waals surface area contributed by atoms with Crippen molar-refractivity contribution in [3.8, 4) is 12.0 Å². The molecular weight excluding hydrogens is 178 g/mol. The summed E-state index contributed by atoms with van der Waals surface area (Å²) < 4.78 is 4.35. The quantitative estimate of drug-likeness (QED) is 0.498. The van der Waals surface area contributed by atoms with Gasteiger partial charge in [-0.25, -0.2) is 10.1 Å². The maximum atomic E-state index is 10.6. The Morgan fingerprint density at radius 3 is 2.57 bits per heavy atom. The minimum atomic E-state index is -0.551. The second kappa shape index (κ2) is 4.93. The fourth-order valence-corrected chi connectivity index (χ4v) is 0.842. The topological polar surface area (TPSA) is 38.3 Å². The summed E-state index contributed by atoms with van der Waals surface area (Å²) in [6, 6.07) is 10.2. The van der Waals surface area contributed by atoms with Crippen LogP contribution in [0.15, 0.2) is 24.3 Å². The monoisotopic (exact) mass is 189 g/mol. The van der Waals surface area contributed by atoms with Gasteiger partial charge in [0, 0.05) is 11.6 Å². The first-order valence-electron chi connectivity index (χ1n) is 4.14. The molecule has 0 heterocycles. The van der Waals surface area contributed by atoms with E-state index in [-0.39, 0.29) is 0 Å². The summed E-state index contributed by atoms with van der Waals surface area (Å²) in [7, 11) is 1.29. The van der Waals surface area contributed by atoms with Crippen LogP contribution in [0.3, 0.4) is 0 Å². The molecule has 0 bridgehead atoms. The van der Waals surface area contributed by atoms with Gasteiger partial charge in [-0.15, -0.1) is 0 Å².